The number of thiazole rings is 1. The predicted molar refractivity (Wildman–Crippen MR) is 74.1 cm³/mol. The second-order valence-electron chi connectivity index (χ2n) is 3.97. The molecule has 0 aliphatic rings. The summed E-state index contributed by atoms with van der Waals surface area (Å²) in [5.74, 6) is -0.152. The van der Waals surface area contributed by atoms with Gasteiger partial charge in [-0.15, -0.1) is 0 Å². The van der Waals surface area contributed by atoms with E-state index in [1.807, 2.05) is 31.2 Å². The number of carboxylic acids is 1. The van der Waals surface area contributed by atoms with Gasteiger partial charge in [-0.2, -0.15) is 0 Å². The van der Waals surface area contributed by atoms with E-state index in [2.05, 4.69) is 10.3 Å². The molecule has 0 unspecified atom stereocenters. The van der Waals surface area contributed by atoms with Gasteiger partial charge in [-0.3, -0.25) is 0 Å². The van der Waals surface area contributed by atoms with Crippen molar-refractivity contribution in [1.82, 2.24) is 4.98 Å². The number of rotatable bonds is 5. The van der Waals surface area contributed by atoms with Crippen LogP contribution in [0.3, 0.4) is 0 Å². The molecule has 0 amide bonds. The fraction of sp³-hybridized carbons (Fsp3) is 0.231. The Hall–Kier alpha value is -2.08. The van der Waals surface area contributed by atoms with E-state index in [9.17, 15) is 4.79 Å². The Kier molecular flexibility index (Phi) is 4.01. The molecule has 2 aromatic rings. The highest BCUT2D eigenvalue weighted by molar-refractivity contribution is 7.17. The van der Waals surface area contributed by atoms with Gasteiger partial charge in [-0.25, -0.2) is 9.78 Å². The van der Waals surface area contributed by atoms with Crippen molar-refractivity contribution in [2.75, 3.05) is 12.4 Å². The van der Waals surface area contributed by atoms with E-state index in [4.69, 9.17) is 9.84 Å². The lowest BCUT2D eigenvalue weighted by molar-refractivity contribution is 0.0702. The van der Waals surface area contributed by atoms with Crippen LogP contribution in [0.1, 0.15) is 28.2 Å². The number of nitrogens with zero attached hydrogens (tertiary/aromatic N) is 1. The zero-order chi connectivity index (χ0) is 13.8. The topological polar surface area (TPSA) is 71.5 Å². The number of aromatic nitrogens is 1. The number of hydrogen-bond acceptors (Lipinski definition) is 5. The molecule has 0 aliphatic heterocycles. The molecule has 0 spiro atoms. The zero-order valence-electron chi connectivity index (χ0n) is 10.6. The molecule has 1 heterocycles. The molecular weight excluding hydrogens is 264 g/mol. The van der Waals surface area contributed by atoms with Crippen LogP contribution >= 0.6 is 11.3 Å². The molecule has 100 valence electrons. The van der Waals surface area contributed by atoms with Crippen molar-refractivity contribution >= 4 is 22.4 Å². The monoisotopic (exact) mass is 278 g/mol. The summed E-state index contributed by atoms with van der Waals surface area (Å²) in [7, 11) is 1.62. The number of methoxy groups -OCH3 is 1. The molecule has 0 fully saturated rings. The first kappa shape index (κ1) is 13.4. The van der Waals surface area contributed by atoms with Gasteiger partial charge in [0.15, 0.2) is 5.13 Å². The van der Waals surface area contributed by atoms with Gasteiger partial charge in [0.1, 0.15) is 10.6 Å². The van der Waals surface area contributed by atoms with Crippen LogP contribution < -0.4 is 10.1 Å². The molecule has 2 rings (SSSR count). The third-order valence-electron chi connectivity index (χ3n) is 2.67. The van der Waals surface area contributed by atoms with Gasteiger partial charge in [0.2, 0.25) is 0 Å². The van der Waals surface area contributed by atoms with Crippen LogP contribution in [0, 0.1) is 0 Å². The first-order valence-corrected chi connectivity index (χ1v) is 6.51. The van der Waals surface area contributed by atoms with E-state index >= 15 is 0 Å². The normalized spacial score (nSPS) is 11.9. The summed E-state index contributed by atoms with van der Waals surface area (Å²) in [4.78, 5) is 15.0. The summed E-state index contributed by atoms with van der Waals surface area (Å²) in [6, 6.07) is 7.74. The van der Waals surface area contributed by atoms with Crippen molar-refractivity contribution in [2.24, 2.45) is 0 Å². The molecule has 2 N–H and O–H groups in total. The second-order valence-corrected chi connectivity index (χ2v) is 5.00. The molecule has 0 aliphatic carbocycles. The number of carbonyl (C=O) groups is 1. The Morgan fingerprint density at radius 1 is 1.42 bits per heavy atom. The first-order valence-electron chi connectivity index (χ1n) is 5.69. The van der Waals surface area contributed by atoms with Crippen LogP contribution in [0.5, 0.6) is 5.75 Å². The SMILES string of the molecule is COc1ccc([C@@H](C)Nc2ncc(C(=O)O)s2)cc1. The molecule has 1 aromatic carbocycles. The van der Waals surface area contributed by atoms with E-state index in [1.165, 1.54) is 6.20 Å². The lowest BCUT2D eigenvalue weighted by Gasteiger charge is -2.13. The largest absolute Gasteiger partial charge is 0.497 e. The minimum Gasteiger partial charge on any atom is -0.497 e. The van der Waals surface area contributed by atoms with Crippen LogP contribution in [-0.4, -0.2) is 23.2 Å². The molecule has 0 saturated carbocycles. The summed E-state index contributed by atoms with van der Waals surface area (Å²) < 4.78 is 5.10. The summed E-state index contributed by atoms with van der Waals surface area (Å²) in [6.45, 7) is 1.99. The lowest BCUT2D eigenvalue weighted by atomic mass is 10.1. The van der Waals surface area contributed by atoms with Crippen molar-refractivity contribution in [3.05, 3.63) is 40.9 Å². The molecular formula is C13H14N2O3S. The second kappa shape index (κ2) is 5.71. The van der Waals surface area contributed by atoms with Crippen molar-refractivity contribution in [1.29, 1.82) is 0 Å². The highest BCUT2D eigenvalue weighted by Crippen LogP contribution is 2.24. The van der Waals surface area contributed by atoms with Gasteiger partial charge in [0.25, 0.3) is 0 Å². The molecule has 19 heavy (non-hydrogen) atoms. The molecule has 5 nitrogen and oxygen atoms in total. The van der Waals surface area contributed by atoms with E-state index < -0.39 is 5.97 Å². The average Bonchev–Trinajstić information content (AvgIpc) is 2.87. The number of nitrogens with one attached hydrogen (secondary N) is 1. The maximum absolute atomic E-state index is 10.8. The number of carboxylic acid groups (broad SMARTS) is 1. The Morgan fingerprint density at radius 2 is 2.11 bits per heavy atom. The Morgan fingerprint density at radius 3 is 2.63 bits per heavy atom. The Bertz CT molecular complexity index is 566. The van der Waals surface area contributed by atoms with Gasteiger partial charge in [0.05, 0.1) is 19.3 Å². The fourth-order valence-corrected chi connectivity index (χ4v) is 2.34. The standard InChI is InChI=1S/C13H14N2O3S/c1-8(9-3-5-10(18-2)6-4-9)15-13-14-7-11(19-13)12(16)17/h3-8H,1-2H3,(H,14,15)(H,16,17)/t8-/m1/s1. The van der Waals surface area contributed by atoms with Crippen molar-refractivity contribution in [2.45, 2.75) is 13.0 Å². The smallest absolute Gasteiger partial charge is 0.347 e. The number of benzene rings is 1. The van der Waals surface area contributed by atoms with Crippen LogP contribution in [0.2, 0.25) is 0 Å². The van der Waals surface area contributed by atoms with Crippen LogP contribution in [0.4, 0.5) is 5.13 Å². The number of anilines is 1. The fourth-order valence-electron chi connectivity index (χ4n) is 1.60. The Balaban J connectivity index is 2.06. The number of hydrogen-bond donors (Lipinski definition) is 2. The predicted octanol–water partition coefficient (Wildman–Crippen LogP) is 3.02. The first-order chi connectivity index (χ1) is 9.10. The van der Waals surface area contributed by atoms with Gasteiger partial charge < -0.3 is 15.2 Å². The number of ether oxygens (including phenoxy) is 1. The highest BCUT2D eigenvalue weighted by Gasteiger charge is 2.11. The van der Waals surface area contributed by atoms with Crippen molar-refractivity contribution in [3.8, 4) is 5.75 Å². The van der Waals surface area contributed by atoms with Crippen molar-refractivity contribution < 1.29 is 14.6 Å². The molecule has 1 atom stereocenters. The molecule has 0 radical (unpaired) electrons. The lowest BCUT2D eigenvalue weighted by Crippen LogP contribution is -2.05. The third kappa shape index (κ3) is 3.23. The van der Waals surface area contributed by atoms with Crippen LogP contribution in [0.25, 0.3) is 0 Å². The molecule has 0 saturated heterocycles. The Labute approximate surface area is 114 Å². The summed E-state index contributed by atoms with van der Waals surface area (Å²) >= 11 is 1.13. The van der Waals surface area contributed by atoms with E-state index in [-0.39, 0.29) is 10.9 Å². The van der Waals surface area contributed by atoms with Crippen molar-refractivity contribution in [3.63, 3.8) is 0 Å². The van der Waals surface area contributed by atoms with Crippen LogP contribution in [0.15, 0.2) is 30.5 Å². The molecule has 1 aromatic heterocycles. The van der Waals surface area contributed by atoms with E-state index in [0.717, 1.165) is 22.6 Å². The van der Waals surface area contributed by atoms with E-state index in [0.29, 0.717) is 5.13 Å². The third-order valence-corrected chi connectivity index (χ3v) is 3.59. The van der Waals surface area contributed by atoms with Gasteiger partial charge in [0, 0.05) is 0 Å². The van der Waals surface area contributed by atoms with Gasteiger partial charge in [-0.1, -0.05) is 23.5 Å². The van der Waals surface area contributed by atoms with E-state index in [1.54, 1.807) is 7.11 Å². The highest BCUT2D eigenvalue weighted by atomic mass is 32.1. The quantitative estimate of drug-likeness (QED) is 0.879. The maximum Gasteiger partial charge on any atom is 0.347 e. The minimum atomic E-state index is -0.956. The molecule has 6 heteroatoms. The maximum atomic E-state index is 10.8. The summed E-state index contributed by atoms with van der Waals surface area (Å²) in [5, 5.41) is 12.6. The summed E-state index contributed by atoms with van der Waals surface area (Å²) in [5.41, 5.74) is 1.08. The minimum absolute atomic E-state index is 0.0405. The van der Waals surface area contributed by atoms with Gasteiger partial charge in [-0.05, 0) is 24.6 Å². The number of aromatic carboxylic acids is 1. The zero-order valence-corrected chi connectivity index (χ0v) is 11.4. The van der Waals surface area contributed by atoms with Crippen LogP contribution in [-0.2, 0) is 0 Å². The molecule has 0 bridgehead atoms. The average molecular weight is 278 g/mol. The summed E-state index contributed by atoms with van der Waals surface area (Å²) in [6.07, 6.45) is 1.36. The van der Waals surface area contributed by atoms with Gasteiger partial charge >= 0.3 is 5.97 Å².